The van der Waals surface area contributed by atoms with E-state index in [9.17, 15) is 28.8 Å². The Labute approximate surface area is 446 Å². The lowest BCUT2D eigenvalue weighted by molar-refractivity contribution is -0.163. The lowest BCUT2D eigenvalue weighted by Crippen LogP contribution is -2.47. The SMILES string of the molecule is CC[C@H](C)C(=O)OC1CC=CC2=CC(=O)[C@H](C)[C@H](CCC3C[C@@H](O[Si](C)(C)C(C)(C)C)CC(=O)O3)[C@H]21.[2H]C([2H])([2H])C1CC2=CC(=O)[C@H](C)[C@H](CCC3C[C@@H](O[Si](C)(C)C(C)(C)C)CC(=O)O3)[C@H]2C(OC(=O)[C@@H](C)CC)C1. The molecule has 4 aliphatic carbocycles. The number of hydrogen-bond donors (Lipinski definition) is 0. The van der Waals surface area contributed by atoms with E-state index in [2.05, 4.69) is 67.7 Å². The fourth-order valence-corrected chi connectivity index (χ4v) is 13.9. The first kappa shape index (κ1) is 56.0. The fourth-order valence-electron chi connectivity index (χ4n) is 11.1. The van der Waals surface area contributed by atoms with E-state index in [4.69, 9.17) is 31.9 Å². The highest BCUT2D eigenvalue weighted by Gasteiger charge is 2.49. The van der Waals surface area contributed by atoms with Crippen molar-refractivity contribution in [1.82, 2.24) is 0 Å². The van der Waals surface area contributed by atoms with Gasteiger partial charge in [0.05, 0.1) is 36.9 Å². The maximum absolute atomic E-state index is 13.1. The molecule has 0 aromatic carbocycles. The first-order chi connectivity index (χ1) is 35.1. The summed E-state index contributed by atoms with van der Waals surface area (Å²) < 4.78 is 60.8. The summed E-state index contributed by atoms with van der Waals surface area (Å²) in [6.07, 6.45) is 12.6. The van der Waals surface area contributed by atoms with Crippen LogP contribution in [0.4, 0.5) is 0 Å². The van der Waals surface area contributed by atoms with E-state index in [1.54, 1.807) is 12.2 Å². The van der Waals surface area contributed by atoms with Crippen molar-refractivity contribution in [1.29, 1.82) is 0 Å². The van der Waals surface area contributed by atoms with Crippen molar-refractivity contribution in [2.45, 2.75) is 246 Å². The molecule has 12 nitrogen and oxygen atoms in total. The molecule has 5 unspecified atom stereocenters. The number of carbonyl (C=O) groups excluding carboxylic acids is 6. The average Bonchev–Trinajstić information content (AvgIpc) is 3.29. The molecule has 0 bridgehead atoms. The van der Waals surface area contributed by atoms with Crippen LogP contribution in [0.25, 0.3) is 0 Å². The molecule has 0 spiro atoms. The van der Waals surface area contributed by atoms with Crippen LogP contribution in [-0.2, 0) is 56.6 Å². The van der Waals surface area contributed by atoms with Gasteiger partial charge >= 0.3 is 23.9 Å². The van der Waals surface area contributed by atoms with Crippen LogP contribution in [0.2, 0.25) is 36.3 Å². The predicted molar refractivity (Wildman–Crippen MR) is 290 cm³/mol. The Kier molecular flexibility index (Phi) is 19.1. The number of ketones is 2. The molecule has 6 aliphatic rings. The standard InChI is InChI=1S/C30H50O6Si.C29H46O6Si/c1-10-19(3)29(33)35-26-14-18(2)13-21-15-25(31)20(4)24(28(21)26)12-11-22-16-23(17-27(32)34-22)36-37(8,9)30(5,6)7;1-9-18(2)28(32)34-25-12-10-11-20-15-24(30)19(3)23(27(20)25)14-13-21-16-22(17-26(31)33-21)35-36(7,8)29(4,5)6/h15,18-20,22-24,26,28H,10-14,16-17H2,1-9H3;10-11,15,18-19,21-23,25,27H,9,12-14,16-17H2,1-8H3/t18?,19-,20+,22?,23+,24-,26?,28-;18-,19+,21?,22+,23-,25?,27-/m00/s1/i2D3;. The maximum atomic E-state index is 13.1. The molecule has 0 radical (unpaired) electrons. The molecule has 14 heteroatoms. The van der Waals surface area contributed by atoms with Crippen LogP contribution in [0.3, 0.4) is 0 Å². The molecule has 2 heterocycles. The Hall–Kier alpha value is -3.21. The highest BCUT2D eigenvalue weighted by atomic mass is 28.4. The second-order valence-corrected chi connectivity index (χ2v) is 35.2. The Morgan fingerprint density at radius 2 is 1.12 bits per heavy atom. The topological polar surface area (TPSA) is 158 Å². The van der Waals surface area contributed by atoms with Gasteiger partial charge in [0.2, 0.25) is 0 Å². The molecule has 2 saturated heterocycles. The van der Waals surface area contributed by atoms with Gasteiger partial charge in [-0.3, -0.25) is 28.8 Å². The van der Waals surface area contributed by atoms with Crippen molar-refractivity contribution in [3.05, 3.63) is 35.5 Å². The van der Waals surface area contributed by atoms with E-state index in [0.29, 0.717) is 57.8 Å². The minimum absolute atomic E-state index is 0.0192. The highest BCUT2D eigenvalue weighted by molar-refractivity contribution is 6.74. The molecule has 73 heavy (non-hydrogen) atoms. The van der Waals surface area contributed by atoms with Gasteiger partial charge in [-0.15, -0.1) is 0 Å². The molecular formula is C59H96O12Si2. The van der Waals surface area contributed by atoms with E-state index in [1.165, 1.54) is 0 Å². The first-order valence-electron chi connectivity index (χ1n) is 29.4. The van der Waals surface area contributed by atoms with Gasteiger partial charge in [-0.2, -0.15) is 0 Å². The first-order valence-corrected chi connectivity index (χ1v) is 33.7. The molecular weight excluding hydrogens is 957 g/mol. The average molecular weight is 1060 g/mol. The number of rotatable bonds is 16. The van der Waals surface area contributed by atoms with Gasteiger partial charge in [0.25, 0.3) is 0 Å². The quantitative estimate of drug-likeness (QED) is 0.0820. The van der Waals surface area contributed by atoms with Gasteiger partial charge in [0, 0.05) is 47.0 Å². The van der Waals surface area contributed by atoms with Crippen molar-refractivity contribution in [3.8, 4) is 0 Å². The van der Waals surface area contributed by atoms with Gasteiger partial charge in [-0.1, -0.05) is 108 Å². The van der Waals surface area contributed by atoms with Crippen LogP contribution in [0.5, 0.6) is 0 Å². The monoisotopic (exact) mass is 1060 g/mol. The van der Waals surface area contributed by atoms with Crippen LogP contribution >= 0.6 is 0 Å². The largest absolute Gasteiger partial charge is 0.462 e. The Morgan fingerprint density at radius 1 is 0.671 bits per heavy atom. The minimum atomic E-state index is -2.20. The molecule has 1 saturated carbocycles. The number of hydrogen-bond acceptors (Lipinski definition) is 12. The summed E-state index contributed by atoms with van der Waals surface area (Å²) in [4.78, 5) is 76.4. The summed E-state index contributed by atoms with van der Waals surface area (Å²) in [6, 6.07) is 0. The number of cyclic esters (lactones) is 2. The van der Waals surface area contributed by atoms with Gasteiger partial charge < -0.3 is 27.8 Å². The van der Waals surface area contributed by atoms with Crippen molar-refractivity contribution in [2.75, 3.05) is 0 Å². The fraction of sp³-hybridized carbons (Fsp3) is 0.797. The third kappa shape index (κ3) is 15.5. The van der Waals surface area contributed by atoms with E-state index in [-0.39, 0.29) is 136 Å². The molecule has 6 rings (SSSR count). The van der Waals surface area contributed by atoms with E-state index >= 15 is 0 Å². The van der Waals surface area contributed by atoms with Gasteiger partial charge in [0.15, 0.2) is 28.2 Å². The number of fused-ring (bicyclic) bond motifs is 2. The zero-order valence-corrected chi connectivity index (χ0v) is 49.6. The van der Waals surface area contributed by atoms with Crippen molar-refractivity contribution >= 4 is 52.1 Å². The van der Waals surface area contributed by atoms with Crippen LogP contribution in [0.1, 0.15) is 178 Å². The maximum Gasteiger partial charge on any atom is 0.308 e. The van der Waals surface area contributed by atoms with E-state index < -0.39 is 35.5 Å². The summed E-state index contributed by atoms with van der Waals surface area (Å²) >= 11 is 0. The molecule has 15 atom stereocenters. The Bertz CT molecular complexity index is 2190. The van der Waals surface area contributed by atoms with Gasteiger partial charge in [0.1, 0.15) is 24.4 Å². The molecule has 2 aliphatic heterocycles. The van der Waals surface area contributed by atoms with Crippen molar-refractivity contribution in [3.63, 3.8) is 0 Å². The Balaban J connectivity index is 0.000000282. The van der Waals surface area contributed by atoms with Gasteiger partial charge in [-0.05, 0) is 123 Å². The van der Waals surface area contributed by atoms with E-state index in [1.807, 2.05) is 53.7 Å². The molecule has 0 aromatic heterocycles. The lowest BCUT2D eigenvalue weighted by Gasteiger charge is -2.45. The molecule has 3 fully saturated rings. The van der Waals surface area contributed by atoms with Crippen molar-refractivity contribution in [2.24, 2.45) is 53.3 Å². The van der Waals surface area contributed by atoms with Crippen molar-refractivity contribution < 1.29 is 60.7 Å². The molecule has 0 amide bonds. The van der Waals surface area contributed by atoms with Crippen LogP contribution in [-0.4, -0.2) is 88.7 Å². The summed E-state index contributed by atoms with van der Waals surface area (Å²) in [5.41, 5.74) is 1.73. The summed E-state index contributed by atoms with van der Waals surface area (Å²) in [6.45, 7) is 31.2. The zero-order chi connectivity index (χ0) is 57.0. The minimum Gasteiger partial charge on any atom is -0.462 e. The third-order valence-electron chi connectivity index (χ3n) is 18.2. The van der Waals surface area contributed by atoms with E-state index in [0.717, 1.165) is 24.0 Å². The lowest BCUT2D eigenvalue weighted by atomic mass is 9.62. The molecule has 0 N–H and O–H groups in total. The van der Waals surface area contributed by atoms with Gasteiger partial charge in [-0.25, -0.2) is 0 Å². The predicted octanol–water partition coefficient (Wildman–Crippen LogP) is 12.8. The summed E-state index contributed by atoms with van der Waals surface area (Å²) in [5.74, 6) is -2.81. The highest BCUT2D eigenvalue weighted by Crippen LogP contribution is 2.49. The number of carbonyl (C=O) groups is 6. The third-order valence-corrected chi connectivity index (χ3v) is 27.3. The summed E-state index contributed by atoms with van der Waals surface area (Å²) in [7, 11) is -4.07. The smallest absolute Gasteiger partial charge is 0.308 e. The molecule has 412 valence electrons. The number of ether oxygens (including phenoxy) is 4. The van der Waals surface area contributed by atoms with Crippen LogP contribution < -0.4 is 0 Å². The number of esters is 4. The Morgan fingerprint density at radius 3 is 1.58 bits per heavy atom. The molecule has 0 aromatic rings. The summed E-state index contributed by atoms with van der Waals surface area (Å²) in [5, 5.41) is 0.0977. The zero-order valence-electron chi connectivity index (χ0n) is 50.6. The van der Waals surface area contributed by atoms with Crippen LogP contribution in [0, 0.1) is 53.3 Å². The number of allylic oxidation sites excluding steroid dienone is 3. The second kappa shape index (κ2) is 24.9. The second-order valence-electron chi connectivity index (χ2n) is 25.7. The normalized spacial score (nSPS) is 33.6. The van der Waals surface area contributed by atoms with Crippen LogP contribution in [0.15, 0.2) is 35.5 Å².